The van der Waals surface area contributed by atoms with Gasteiger partial charge in [0.25, 0.3) is 0 Å². The lowest BCUT2D eigenvalue weighted by Crippen LogP contribution is -2.40. The number of hydrogen-bond donors (Lipinski definition) is 1. The Labute approximate surface area is 98.9 Å². The van der Waals surface area contributed by atoms with Gasteiger partial charge in [-0.1, -0.05) is 20.8 Å². The van der Waals surface area contributed by atoms with Crippen molar-refractivity contribution in [1.82, 2.24) is 5.32 Å². The van der Waals surface area contributed by atoms with Gasteiger partial charge in [0.05, 0.1) is 12.7 Å². The van der Waals surface area contributed by atoms with Gasteiger partial charge < -0.3 is 14.8 Å². The summed E-state index contributed by atoms with van der Waals surface area (Å²) in [6.45, 7) is 10.6. The van der Waals surface area contributed by atoms with Crippen molar-refractivity contribution in [3.8, 4) is 0 Å². The van der Waals surface area contributed by atoms with Crippen LogP contribution in [0.5, 0.6) is 0 Å². The van der Waals surface area contributed by atoms with Crippen LogP contribution in [0.3, 0.4) is 0 Å². The highest BCUT2D eigenvalue weighted by Gasteiger charge is 2.37. The van der Waals surface area contributed by atoms with Crippen LogP contribution >= 0.6 is 0 Å². The van der Waals surface area contributed by atoms with Crippen molar-refractivity contribution in [3.05, 3.63) is 0 Å². The van der Waals surface area contributed by atoms with E-state index in [1.54, 1.807) is 0 Å². The fourth-order valence-electron chi connectivity index (χ4n) is 2.81. The van der Waals surface area contributed by atoms with Crippen molar-refractivity contribution in [1.29, 1.82) is 0 Å². The minimum atomic E-state index is 0.259. The third-order valence-corrected chi connectivity index (χ3v) is 3.67. The SMILES string of the molecule is CC(C)(C)[C@H]1OCC[C@@H]1CN[C@@H]1CCOC1. The summed E-state index contributed by atoms with van der Waals surface area (Å²) < 4.78 is 11.2. The summed E-state index contributed by atoms with van der Waals surface area (Å²) in [4.78, 5) is 0. The molecule has 0 saturated carbocycles. The Morgan fingerprint density at radius 3 is 2.62 bits per heavy atom. The summed E-state index contributed by atoms with van der Waals surface area (Å²) in [7, 11) is 0. The first-order chi connectivity index (χ1) is 7.57. The van der Waals surface area contributed by atoms with Crippen molar-refractivity contribution in [2.24, 2.45) is 11.3 Å². The summed E-state index contributed by atoms with van der Waals surface area (Å²) >= 11 is 0. The molecule has 3 atom stereocenters. The zero-order valence-corrected chi connectivity index (χ0v) is 10.8. The molecule has 2 saturated heterocycles. The maximum Gasteiger partial charge on any atom is 0.0664 e. The maximum absolute atomic E-state index is 5.87. The van der Waals surface area contributed by atoms with Crippen molar-refractivity contribution < 1.29 is 9.47 Å². The van der Waals surface area contributed by atoms with Gasteiger partial charge >= 0.3 is 0 Å². The maximum atomic E-state index is 5.87. The highest BCUT2D eigenvalue weighted by Crippen LogP contribution is 2.34. The molecule has 0 unspecified atom stereocenters. The lowest BCUT2D eigenvalue weighted by molar-refractivity contribution is 0.00673. The van der Waals surface area contributed by atoms with Crippen LogP contribution in [0.15, 0.2) is 0 Å². The quantitative estimate of drug-likeness (QED) is 0.797. The molecule has 0 spiro atoms. The molecule has 16 heavy (non-hydrogen) atoms. The zero-order valence-electron chi connectivity index (χ0n) is 10.8. The summed E-state index contributed by atoms with van der Waals surface area (Å²) in [6.07, 6.45) is 2.76. The standard InChI is InChI=1S/C13H25NO2/c1-13(2,3)12-10(4-7-16-12)8-14-11-5-6-15-9-11/h10-12,14H,4-9H2,1-3H3/t10-,11-,12+/m1/s1. The zero-order chi connectivity index (χ0) is 11.6. The molecule has 0 aromatic carbocycles. The average Bonchev–Trinajstić information content (AvgIpc) is 2.85. The topological polar surface area (TPSA) is 30.5 Å². The fraction of sp³-hybridized carbons (Fsp3) is 1.00. The van der Waals surface area contributed by atoms with Gasteiger partial charge in [0.1, 0.15) is 0 Å². The van der Waals surface area contributed by atoms with E-state index >= 15 is 0 Å². The van der Waals surface area contributed by atoms with Crippen LogP contribution in [0.25, 0.3) is 0 Å². The summed E-state index contributed by atoms with van der Waals surface area (Å²) in [5.74, 6) is 0.667. The van der Waals surface area contributed by atoms with Gasteiger partial charge in [-0.2, -0.15) is 0 Å². The van der Waals surface area contributed by atoms with E-state index in [0.717, 1.165) is 32.8 Å². The van der Waals surface area contributed by atoms with Gasteiger partial charge in [-0.15, -0.1) is 0 Å². The number of rotatable bonds is 3. The molecule has 0 aliphatic carbocycles. The highest BCUT2D eigenvalue weighted by atomic mass is 16.5. The smallest absolute Gasteiger partial charge is 0.0664 e. The van der Waals surface area contributed by atoms with Crippen molar-refractivity contribution in [2.75, 3.05) is 26.4 Å². The Hall–Kier alpha value is -0.120. The van der Waals surface area contributed by atoms with E-state index < -0.39 is 0 Å². The van der Waals surface area contributed by atoms with Crippen LogP contribution in [0, 0.1) is 11.3 Å². The van der Waals surface area contributed by atoms with Crippen LogP contribution < -0.4 is 5.32 Å². The second-order valence-corrected chi connectivity index (χ2v) is 6.17. The van der Waals surface area contributed by atoms with Crippen LogP contribution in [0.1, 0.15) is 33.6 Å². The van der Waals surface area contributed by atoms with E-state index in [-0.39, 0.29) is 5.41 Å². The molecule has 0 aromatic rings. The molecule has 0 aromatic heterocycles. The van der Waals surface area contributed by atoms with Crippen LogP contribution in [-0.4, -0.2) is 38.5 Å². The number of nitrogens with one attached hydrogen (secondary N) is 1. The lowest BCUT2D eigenvalue weighted by Gasteiger charge is -2.31. The van der Waals surface area contributed by atoms with Crippen LogP contribution in [-0.2, 0) is 9.47 Å². The Morgan fingerprint density at radius 1 is 1.19 bits per heavy atom. The van der Waals surface area contributed by atoms with E-state index in [1.165, 1.54) is 6.42 Å². The third-order valence-electron chi connectivity index (χ3n) is 3.67. The molecule has 94 valence electrons. The molecule has 3 nitrogen and oxygen atoms in total. The molecular weight excluding hydrogens is 202 g/mol. The molecule has 2 aliphatic rings. The minimum absolute atomic E-state index is 0.259. The normalized spacial score (nSPS) is 35.8. The monoisotopic (exact) mass is 227 g/mol. The predicted molar refractivity (Wildman–Crippen MR) is 64.5 cm³/mol. The van der Waals surface area contributed by atoms with Gasteiger partial charge in [0.15, 0.2) is 0 Å². The van der Waals surface area contributed by atoms with Gasteiger partial charge in [-0.3, -0.25) is 0 Å². The Morgan fingerprint density at radius 2 is 2.00 bits per heavy atom. The highest BCUT2D eigenvalue weighted by molar-refractivity contribution is 4.87. The molecule has 2 fully saturated rings. The van der Waals surface area contributed by atoms with E-state index in [1.807, 2.05) is 0 Å². The van der Waals surface area contributed by atoms with E-state index in [2.05, 4.69) is 26.1 Å². The Bertz CT molecular complexity index is 218. The lowest BCUT2D eigenvalue weighted by atomic mass is 9.81. The van der Waals surface area contributed by atoms with Crippen molar-refractivity contribution >= 4 is 0 Å². The third kappa shape index (κ3) is 2.96. The van der Waals surface area contributed by atoms with Crippen molar-refractivity contribution in [3.63, 3.8) is 0 Å². The van der Waals surface area contributed by atoms with Crippen LogP contribution in [0.4, 0.5) is 0 Å². The molecule has 3 heteroatoms. The summed E-state index contributed by atoms with van der Waals surface area (Å²) in [5.41, 5.74) is 0.259. The van der Waals surface area contributed by atoms with E-state index in [4.69, 9.17) is 9.47 Å². The molecule has 0 bridgehead atoms. The molecular formula is C13H25NO2. The Kier molecular flexibility index (Phi) is 3.88. The first-order valence-corrected chi connectivity index (χ1v) is 6.50. The fourth-order valence-corrected chi connectivity index (χ4v) is 2.81. The molecule has 2 rings (SSSR count). The predicted octanol–water partition coefficient (Wildman–Crippen LogP) is 1.82. The summed E-state index contributed by atoms with van der Waals surface area (Å²) in [5, 5.41) is 3.62. The van der Waals surface area contributed by atoms with Crippen molar-refractivity contribution in [2.45, 2.75) is 45.8 Å². The van der Waals surface area contributed by atoms with Gasteiger partial charge in [0.2, 0.25) is 0 Å². The second kappa shape index (κ2) is 5.03. The number of ether oxygens (including phenoxy) is 2. The molecule has 0 amide bonds. The van der Waals surface area contributed by atoms with E-state index in [9.17, 15) is 0 Å². The summed E-state index contributed by atoms with van der Waals surface area (Å²) in [6, 6.07) is 0.571. The van der Waals surface area contributed by atoms with Crippen LogP contribution in [0.2, 0.25) is 0 Å². The van der Waals surface area contributed by atoms with Gasteiger partial charge in [-0.05, 0) is 18.3 Å². The average molecular weight is 227 g/mol. The molecule has 2 heterocycles. The first kappa shape index (κ1) is 12.3. The second-order valence-electron chi connectivity index (χ2n) is 6.17. The van der Waals surface area contributed by atoms with Gasteiger partial charge in [-0.25, -0.2) is 0 Å². The molecule has 1 N–H and O–H groups in total. The minimum Gasteiger partial charge on any atom is -0.380 e. The van der Waals surface area contributed by atoms with E-state index in [0.29, 0.717) is 18.1 Å². The molecule has 2 aliphatic heterocycles. The largest absolute Gasteiger partial charge is 0.380 e. The van der Waals surface area contributed by atoms with Gasteiger partial charge in [0, 0.05) is 31.7 Å². The first-order valence-electron chi connectivity index (χ1n) is 6.50. The molecule has 0 radical (unpaired) electrons. The number of hydrogen-bond acceptors (Lipinski definition) is 3. The Balaban J connectivity index is 1.79.